The first-order valence-corrected chi connectivity index (χ1v) is 11.3. The van der Waals surface area contributed by atoms with Gasteiger partial charge in [-0.15, -0.1) is 0 Å². The molecule has 4 N–H and O–H groups in total. The number of hydrogen-bond acceptors (Lipinski definition) is 6. The zero-order valence-corrected chi connectivity index (χ0v) is 17.9. The highest BCUT2D eigenvalue weighted by Gasteiger charge is 2.31. The molecule has 1 amide bonds. The summed E-state index contributed by atoms with van der Waals surface area (Å²) >= 11 is 0. The lowest BCUT2D eigenvalue weighted by molar-refractivity contribution is -0.117. The summed E-state index contributed by atoms with van der Waals surface area (Å²) in [6.45, 7) is 1.58. The Morgan fingerprint density at radius 3 is 2.47 bits per heavy atom. The summed E-state index contributed by atoms with van der Waals surface area (Å²) in [5.74, 6) is -2.97. The van der Waals surface area contributed by atoms with Crippen molar-refractivity contribution in [2.75, 3.05) is 11.9 Å². The number of allylic oxidation sites excluding steroid dienone is 1. The van der Waals surface area contributed by atoms with Gasteiger partial charge in [0, 0.05) is 24.5 Å². The lowest BCUT2D eigenvalue weighted by Crippen LogP contribution is -2.52. The minimum atomic E-state index is -3.63. The molecule has 0 fully saturated rings. The van der Waals surface area contributed by atoms with Gasteiger partial charge in [0.25, 0.3) is 5.91 Å². The van der Waals surface area contributed by atoms with Crippen molar-refractivity contribution >= 4 is 27.8 Å². The minimum absolute atomic E-state index is 0.00438. The Morgan fingerprint density at radius 1 is 1.19 bits per heavy atom. The van der Waals surface area contributed by atoms with Crippen molar-refractivity contribution in [1.29, 1.82) is 5.41 Å². The highest BCUT2D eigenvalue weighted by Crippen LogP contribution is 2.20. The van der Waals surface area contributed by atoms with Crippen LogP contribution in [0.1, 0.15) is 12.5 Å². The van der Waals surface area contributed by atoms with Crippen molar-refractivity contribution in [1.82, 2.24) is 10.0 Å². The third-order valence-electron chi connectivity index (χ3n) is 4.65. The number of sulfonamides is 1. The van der Waals surface area contributed by atoms with Gasteiger partial charge in [0.2, 0.25) is 15.8 Å². The molecule has 2 aromatic carbocycles. The third-order valence-corrected chi connectivity index (χ3v) is 5.97. The average molecular weight is 464 g/mol. The molecule has 32 heavy (non-hydrogen) atoms. The van der Waals surface area contributed by atoms with Crippen molar-refractivity contribution < 1.29 is 26.7 Å². The van der Waals surface area contributed by atoms with Gasteiger partial charge in [-0.25, -0.2) is 21.9 Å². The van der Waals surface area contributed by atoms with Gasteiger partial charge in [0.05, 0.1) is 11.8 Å². The summed E-state index contributed by atoms with van der Waals surface area (Å²) in [6.07, 6.45) is 0.196. The Hall–Kier alpha value is -3.31. The second-order valence-electron chi connectivity index (χ2n) is 7.17. The van der Waals surface area contributed by atoms with Crippen LogP contribution in [0.15, 0.2) is 60.0 Å². The molecule has 0 radical (unpaired) electrons. The summed E-state index contributed by atoms with van der Waals surface area (Å²) in [5, 5.41) is 12.8. The van der Waals surface area contributed by atoms with Gasteiger partial charge >= 0.3 is 0 Å². The van der Waals surface area contributed by atoms with Gasteiger partial charge in [0.15, 0.2) is 0 Å². The summed E-state index contributed by atoms with van der Waals surface area (Å²) < 4.78 is 59.6. The highest BCUT2D eigenvalue weighted by atomic mass is 32.2. The zero-order valence-electron chi connectivity index (χ0n) is 17.1. The van der Waals surface area contributed by atoms with Crippen LogP contribution in [-0.4, -0.2) is 39.2 Å². The molecule has 2 aromatic rings. The number of carbonyl (C=O) groups is 1. The molecule has 0 aliphatic carbocycles. The van der Waals surface area contributed by atoms with E-state index < -0.39 is 39.7 Å². The number of amides is 1. The third kappa shape index (κ3) is 6.11. The van der Waals surface area contributed by atoms with Crippen molar-refractivity contribution in [3.63, 3.8) is 0 Å². The molecule has 170 valence electrons. The molecule has 1 heterocycles. The molecule has 0 bridgehead atoms. The highest BCUT2D eigenvalue weighted by molar-refractivity contribution is 7.88. The molecule has 1 aliphatic heterocycles. The Labute approximate surface area is 184 Å². The first-order valence-electron chi connectivity index (χ1n) is 9.63. The van der Waals surface area contributed by atoms with Gasteiger partial charge in [0.1, 0.15) is 23.4 Å². The fourth-order valence-corrected chi connectivity index (χ4v) is 4.26. The van der Waals surface area contributed by atoms with E-state index in [-0.39, 0.29) is 29.4 Å². The monoisotopic (exact) mass is 464 g/mol. The van der Waals surface area contributed by atoms with E-state index in [0.717, 1.165) is 18.3 Å². The molecule has 2 atom stereocenters. The lowest BCUT2D eigenvalue weighted by atomic mass is 10.1. The van der Waals surface area contributed by atoms with Crippen LogP contribution in [0.2, 0.25) is 0 Å². The van der Waals surface area contributed by atoms with E-state index >= 15 is 0 Å². The average Bonchev–Trinajstić information content (AvgIpc) is 2.72. The predicted molar refractivity (Wildman–Crippen MR) is 115 cm³/mol. The van der Waals surface area contributed by atoms with E-state index in [2.05, 4.69) is 15.4 Å². The molecule has 3 rings (SSSR count). The fourth-order valence-electron chi connectivity index (χ4n) is 3.09. The van der Waals surface area contributed by atoms with Gasteiger partial charge < -0.3 is 20.8 Å². The molecule has 2 unspecified atom stereocenters. The van der Waals surface area contributed by atoms with Crippen LogP contribution in [0.4, 0.5) is 14.5 Å². The van der Waals surface area contributed by atoms with Crippen LogP contribution >= 0.6 is 0 Å². The van der Waals surface area contributed by atoms with E-state index in [9.17, 15) is 22.0 Å². The van der Waals surface area contributed by atoms with E-state index in [1.165, 1.54) is 0 Å². The number of carbonyl (C=O) groups excluding carboxylic acids is 1. The second kappa shape index (κ2) is 9.88. The van der Waals surface area contributed by atoms with E-state index in [0.29, 0.717) is 11.6 Å². The normalized spacial score (nSPS) is 18.5. The molecule has 0 saturated carbocycles. The van der Waals surface area contributed by atoms with Gasteiger partial charge in [-0.1, -0.05) is 30.3 Å². The van der Waals surface area contributed by atoms with Crippen molar-refractivity contribution in [3.8, 4) is 0 Å². The predicted octanol–water partition coefficient (Wildman–Crippen LogP) is 2.26. The first-order chi connectivity index (χ1) is 15.2. The maximum absolute atomic E-state index is 13.4. The van der Waals surface area contributed by atoms with Gasteiger partial charge in [-0.2, -0.15) is 0 Å². The number of halogens is 2. The lowest BCUT2D eigenvalue weighted by Gasteiger charge is -2.33. The van der Waals surface area contributed by atoms with Crippen LogP contribution in [0.5, 0.6) is 0 Å². The Morgan fingerprint density at radius 2 is 1.84 bits per heavy atom. The summed E-state index contributed by atoms with van der Waals surface area (Å²) in [7, 11) is -3.63. The maximum Gasteiger partial charge on any atom is 0.293 e. The molecule has 0 saturated heterocycles. The first kappa shape index (κ1) is 23.4. The van der Waals surface area contributed by atoms with Crippen LogP contribution in [0.3, 0.4) is 0 Å². The molecule has 1 aliphatic rings. The van der Waals surface area contributed by atoms with E-state index in [1.807, 2.05) is 0 Å². The molecular formula is C21H22F2N4O4S. The van der Waals surface area contributed by atoms with E-state index in [1.54, 1.807) is 37.3 Å². The summed E-state index contributed by atoms with van der Waals surface area (Å²) in [4.78, 5) is 12.5. The Bertz CT molecular complexity index is 1120. The maximum atomic E-state index is 13.4. The molecule has 8 nitrogen and oxygen atoms in total. The summed E-state index contributed by atoms with van der Waals surface area (Å²) in [6, 6.07) is 10.7. The number of anilines is 1. The number of nitrogens with one attached hydrogen (secondary N) is 4. The van der Waals surface area contributed by atoms with Crippen molar-refractivity contribution in [2.45, 2.75) is 24.8 Å². The SMILES string of the molecule is CC1OC(C(=O)Nc2cc(F)cc(F)c2)=C(C=N)NC1CNS(=O)(=O)Cc1ccccc1. The smallest absolute Gasteiger partial charge is 0.293 e. The fraction of sp³-hybridized carbons (Fsp3) is 0.238. The summed E-state index contributed by atoms with van der Waals surface area (Å²) in [5.41, 5.74) is 0.523. The van der Waals surface area contributed by atoms with Crippen LogP contribution < -0.4 is 15.4 Å². The van der Waals surface area contributed by atoms with Gasteiger partial charge in [-0.3, -0.25) is 4.79 Å². The van der Waals surface area contributed by atoms with Crippen molar-refractivity contribution in [3.05, 3.63) is 77.2 Å². The minimum Gasteiger partial charge on any atom is -0.481 e. The molecule has 0 spiro atoms. The van der Waals surface area contributed by atoms with Crippen LogP contribution in [0.25, 0.3) is 0 Å². The number of ether oxygens (including phenoxy) is 1. The topological polar surface area (TPSA) is 120 Å². The standard InChI is InChI=1S/C21H22F2N4O4S/c1-13-19(11-25-32(29,30)12-14-5-3-2-4-6-14)27-18(10-24)20(31-13)21(28)26-17-8-15(22)7-16(23)9-17/h2-10,13,19,24-25,27H,11-12H2,1H3,(H,26,28). The number of rotatable bonds is 8. The number of benzene rings is 2. The second-order valence-corrected chi connectivity index (χ2v) is 8.97. The molecule has 11 heteroatoms. The van der Waals surface area contributed by atoms with Crippen LogP contribution in [0, 0.1) is 17.0 Å². The molecular weight excluding hydrogens is 442 g/mol. The Balaban J connectivity index is 1.67. The van der Waals surface area contributed by atoms with Crippen LogP contribution in [-0.2, 0) is 25.3 Å². The largest absolute Gasteiger partial charge is 0.481 e. The number of hydrogen-bond donors (Lipinski definition) is 4. The van der Waals surface area contributed by atoms with Gasteiger partial charge in [-0.05, 0) is 24.6 Å². The quantitative estimate of drug-likeness (QED) is 0.447. The Kier molecular flexibility index (Phi) is 7.21. The van der Waals surface area contributed by atoms with E-state index in [4.69, 9.17) is 10.1 Å². The molecule has 0 aromatic heterocycles. The van der Waals surface area contributed by atoms with Crippen molar-refractivity contribution in [2.24, 2.45) is 0 Å². The zero-order chi connectivity index (χ0) is 23.3.